The molecule has 1 saturated carbocycles. The largest absolute Gasteiger partial charge is 0.364 e. The summed E-state index contributed by atoms with van der Waals surface area (Å²) in [6, 6.07) is 0. The quantitative estimate of drug-likeness (QED) is 0.614. The van der Waals surface area contributed by atoms with Crippen molar-refractivity contribution < 1.29 is 4.92 Å². The first-order valence-electron chi connectivity index (χ1n) is 7.57. The van der Waals surface area contributed by atoms with E-state index in [2.05, 4.69) is 15.3 Å². The van der Waals surface area contributed by atoms with Gasteiger partial charge in [0.2, 0.25) is 11.6 Å². The molecule has 0 unspecified atom stereocenters. The van der Waals surface area contributed by atoms with Gasteiger partial charge in [-0.2, -0.15) is 0 Å². The van der Waals surface area contributed by atoms with Gasteiger partial charge in [0.15, 0.2) is 0 Å². The topological polar surface area (TPSA) is 84.2 Å². The fourth-order valence-electron chi connectivity index (χ4n) is 2.86. The summed E-state index contributed by atoms with van der Waals surface area (Å²) in [5.74, 6) is 1.32. The van der Waals surface area contributed by atoms with Gasteiger partial charge in [0.25, 0.3) is 0 Å². The van der Waals surface area contributed by atoms with Crippen LogP contribution in [-0.2, 0) is 0 Å². The van der Waals surface area contributed by atoms with Crippen molar-refractivity contribution in [3.8, 4) is 0 Å². The number of nitro groups is 1. The second-order valence-electron chi connectivity index (χ2n) is 5.61. The van der Waals surface area contributed by atoms with Crippen molar-refractivity contribution in [1.29, 1.82) is 0 Å². The zero-order valence-corrected chi connectivity index (χ0v) is 12.7. The number of hydrogen-bond donors (Lipinski definition) is 1. The minimum absolute atomic E-state index is 0.0218. The molecule has 0 saturated heterocycles. The van der Waals surface area contributed by atoms with Gasteiger partial charge in [0.1, 0.15) is 6.33 Å². The van der Waals surface area contributed by atoms with Crippen LogP contribution in [0, 0.1) is 16.0 Å². The second kappa shape index (κ2) is 7.19. The highest BCUT2D eigenvalue weighted by Crippen LogP contribution is 2.33. The van der Waals surface area contributed by atoms with Crippen molar-refractivity contribution in [2.75, 3.05) is 30.4 Å². The van der Waals surface area contributed by atoms with E-state index < -0.39 is 4.92 Å². The van der Waals surface area contributed by atoms with Gasteiger partial charge in [-0.3, -0.25) is 10.1 Å². The number of aromatic nitrogens is 2. The molecule has 0 radical (unpaired) electrons. The summed E-state index contributed by atoms with van der Waals surface area (Å²) in [5.41, 5.74) is -0.0218. The van der Waals surface area contributed by atoms with Crippen LogP contribution in [0.5, 0.6) is 0 Å². The highest BCUT2D eigenvalue weighted by molar-refractivity contribution is 5.70. The Kier molecular flexibility index (Phi) is 5.30. The molecule has 0 aromatic carbocycles. The van der Waals surface area contributed by atoms with E-state index in [1.54, 1.807) is 0 Å². The number of nitrogens with one attached hydrogen (secondary N) is 1. The van der Waals surface area contributed by atoms with Crippen LogP contribution in [0.3, 0.4) is 0 Å². The van der Waals surface area contributed by atoms with Gasteiger partial charge in [0, 0.05) is 20.1 Å². The lowest BCUT2D eigenvalue weighted by Gasteiger charge is -2.22. The van der Waals surface area contributed by atoms with Crippen LogP contribution in [0.4, 0.5) is 17.3 Å². The molecule has 0 bridgehead atoms. The maximum atomic E-state index is 11.4. The molecule has 0 atom stereocenters. The Bertz CT molecular complexity index is 488. The molecule has 1 aliphatic rings. The molecule has 2 rings (SSSR count). The average molecular weight is 293 g/mol. The summed E-state index contributed by atoms with van der Waals surface area (Å²) in [4.78, 5) is 21.1. The third kappa shape index (κ3) is 3.80. The van der Waals surface area contributed by atoms with Crippen LogP contribution < -0.4 is 10.2 Å². The van der Waals surface area contributed by atoms with Gasteiger partial charge in [-0.25, -0.2) is 9.97 Å². The maximum Gasteiger partial charge on any atom is 0.353 e. The van der Waals surface area contributed by atoms with E-state index in [4.69, 9.17) is 0 Å². The van der Waals surface area contributed by atoms with Gasteiger partial charge in [0.05, 0.1) is 4.92 Å². The lowest BCUT2D eigenvalue weighted by atomic mass is 10.1. The normalized spacial score (nSPS) is 15.1. The summed E-state index contributed by atoms with van der Waals surface area (Å²) >= 11 is 0. The molecule has 0 amide bonds. The molecule has 1 heterocycles. The van der Waals surface area contributed by atoms with Crippen molar-refractivity contribution in [3.05, 3.63) is 16.4 Å². The molecular weight excluding hydrogens is 270 g/mol. The Balaban J connectivity index is 2.21. The number of nitrogens with zero attached hydrogens (tertiary/aromatic N) is 4. The van der Waals surface area contributed by atoms with Crippen LogP contribution in [0.2, 0.25) is 0 Å². The fourth-order valence-corrected chi connectivity index (χ4v) is 2.86. The summed E-state index contributed by atoms with van der Waals surface area (Å²) in [5, 5.41) is 14.4. The predicted octanol–water partition coefficient (Wildman–Crippen LogP) is 2.83. The van der Waals surface area contributed by atoms with Gasteiger partial charge in [-0.1, -0.05) is 19.8 Å². The van der Waals surface area contributed by atoms with Crippen LogP contribution in [0.25, 0.3) is 0 Å². The Morgan fingerprint density at radius 1 is 1.43 bits per heavy atom. The standard InChI is InChI=1S/C14H23N5O2/c1-3-8-15-13-12(19(20)21)14(17-10-16-13)18(2)9-11-6-4-5-7-11/h10-11H,3-9H2,1-2H3,(H,15,16,17). The molecule has 1 fully saturated rings. The zero-order chi connectivity index (χ0) is 15.2. The third-order valence-electron chi connectivity index (χ3n) is 3.90. The highest BCUT2D eigenvalue weighted by atomic mass is 16.6. The molecular formula is C14H23N5O2. The van der Waals surface area contributed by atoms with Gasteiger partial charge in [-0.15, -0.1) is 0 Å². The minimum Gasteiger partial charge on any atom is -0.364 e. The van der Waals surface area contributed by atoms with E-state index in [9.17, 15) is 10.1 Å². The predicted molar refractivity (Wildman–Crippen MR) is 82.7 cm³/mol. The van der Waals surface area contributed by atoms with Gasteiger partial charge >= 0.3 is 5.69 Å². The van der Waals surface area contributed by atoms with Crippen molar-refractivity contribution in [1.82, 2.24) is 9.97 Å². The Morgan fingerprint density at radius 2 is 2.14 bits per heavy atom. The van der Waals surface area contributed by atoms with Crippen LogP contribution in [0.15, 0.2) is 6.33 Å². The minimum atomic E-state index is -0.390. The van der Waals surface area contributed by atoms with Crippen molar-refractivity contribution in [2.45, 2.75) is 39.0 Å². The molecule has 7 nitrogen and oxygen atoms in total. The van der Waals surface area contributed by atoms with Crippen LogP contribution in [0.1, 0.15) is 39.0 Å². The lowest BCUT2D eigenvalue weighted by molar-refractivity contribution is -0.383. The number of anilines is 2. The van der Waals surface area contributed by atoms with Crippen LogP contribution in [-0.4, -0.2) is 35.0 Å². The zero-order valence-electron chi connectivity index (χ0n) is 12.7. The average Bonchev–Trinajstić information content (AvgIpc) is 2.97. The van der Waals surface area contributed by atoms with E-state index in [0.717, 1.165) is 13.0 Å². The van der Waals surface area contributed by atoms with Crippen molar-refractivity contribution in [2.24, 2.45) is 5.92 Å². The monoisotopic (exact) mass is 293 g/mol. The second-order valence-corrected chi connectivity index (χ2v) is 5.61. The molecule has 1 aliphatic carbocycles. The molecule has 1 aromatic rings. The first-order chi connectivity index (χ1) is 10.1. The first-order valence-corrected chi connectivity index (χ1v) is 7.57. The van der Waals surface area contributed by atoms with E-state index in [1.165, 1.54) is 32.0 Å². The number of hydrogen-bond acceptors (Lipinski definition) is 6. The van der Waals surface area contributed by atoms with Gasteiger partial charge in [-0.05, 0) is 25.2 Å². The maximum absolute atomic E-state index is 11.4. The Hall–Kier alpha value is -1.92. The van der Waals surface area contributed by atoms with Gasteiger partial charge < -0.3 is 10.2 Å². The van der Waals surface area contributed by atoms with E-state index in [1.807, 2.05) is 18.9 Å². The van der Waals surface area contributed by atoms with E-state index >= 15 is 0 Å². The van der Waals surface area contributed by atoms with E-state index in [0.29, 0.717) is 24.1 Å². The lowest BCUT2D eigenvalue weighted by Crippen LogP contribution is -2.26. The summed E-state index contributed by atoms with van der Waals surface area (Å²) < 4.78 is 0. The fraction of sp³-hybridized carbons (Fsp3) is 0.714. The van der Waals surface area contributed by atoms with Crippen LogP contribution >= 0.6 is 0 Å². The summed E-state index contributed by atoms with van der Waals surface area (Å²) in [7, 11) is 1.87. The third-order valence-corrected chi connectivity index (χ3v) is 3.90. The summed E-state index contributed by atoms with van der Waals surface area (Å²) in [6.45, 7) is 3.47. The molecule has 0 aliphatic heterocycles. The highest BCUT2D eigenvalue weighted by Gasteiger charge is 2.27. The molecule has 21 heavy (non-hydrogen) atoms. The molecule has 1 aromatic heterocycles. The molecule has 7 heteroatoms. The first kappa shape index (κ1) is 15.5. The molecule has 1 N–H and O–H groups in total. The Labute approximate surface area is 124 Å². The smallest absolute Gasteiger partial charge is 0.353 e. The van der Waals surface area contributed by atoms with Crippen molar-refractivity contribution >= 4 is 17.3 Å². The Morgan fingerprint density at radius 3 is 2.76 bits per heavy atom. The van der Waals surface area contributed by atoms with Crippen molar-refractivity contribution in [3.63, 3.8) is 0 Å². The SMILES string of the molecule is CCCNc1ncnc(N(C)CC2CCCC2)c1[N+](=O)[O-]. The summed E-state index contributed by atoms with van der Waals surface area (Å²) in [6.07, 6.45) is 7.19. The van der Waals surface area contributed by atoms with E-state index in [-0.39, 0.29) is 5.69 Å². The number of rotatable bonds is 7. The molecule has 116 valence electrons. The molecule has 0 spiro atoms.